The van der Waals surface area contributed by atoms with Gasteiger partial charge in [-0.2, -0.15) is 0 Å². The third-order valence-electron chi connectivity index (χ3n) is 8.41. The Bertz CT molecular complexity index is 1470. The average molecular weight is 1020 g/mol. The fraction of sp³-hybridized carbons (Fsp3) is 0.500. The van der Waals surface area contributed by atoms with Crippen molar-refractivity contribution in [1.29, 1.82) is 0 Å². The zero-order valence-electron chi connectivity index (χ0n) is 26.7. The molecule has 0 fully saturated rings. The number of alkyl halides is 4. The van der Waals surface area contributed by atoms with Crippen LogP contribution in [0.1, 0.15) is 101 Å². The fourth-order valence-electron chi connectivity index (χ4n) is 5.86. The number of halogens is 6. The number of hydrogen-bond acceptors (Lipinski definition) is 4. The van der Waals surface area contributed by atoms with Gasteiger partial charge in [0.15, 0.2) is 23.0 Å². The highest BCUT2D eigenvalue weighted by atomic mass is 79.9. The number of rotatable bonds is 16. The Balaban J connectivity index is 1.70. The van der Waals surface area contributed by atoms with Crippen LogP contribution in [0.4, 0.5) is 0 Å². The van der Waals surface area contributed by atoms with Crippen LogP contribution in [0, 0.1) is 0 Å². The zero-order valence-corrected chi connectivity index (χ0v) is 36.2. The summed E-state index contributed by atoms with van der Waals surface area (Å²) in [6, 6.07) is 8.54. The first-order chi connectivity index (χ1) is 22.0. The Morgan fingerprint density at radius 2 is 0.761 bits per heavy atom. The van der Waals surface area contributed by atoms with Crippen LogP contribution in [-0.2, 0) is 6.47 Å². The van der Waals surface area contributed by atoms with Gasteiger partial charge in [0.05, 0.1) is 26.4 Å². The maximum atomic E-state index is 6.35. The Kier molecular flexibility index (Phi) is 12.7. The molecule has 0 aliphatic heterocycles. The normalized spacial score (nSPS) is 14.8. The first-order valence-corrected chi connectivity index (χ1v) is 21.0. The van der Waals surface area contributed by atoms with E-state index in [1.807, 2.05) is 0 Å². The molecule has 2 aliphatic rings. The van der Waals surface area contributed by atoms with Gasteiger partial charge in [-0.3, -0.25) is 0 Å². The van der Waals surface area contributed by atoms with E-state index in [9.17, 15) is 0 Å². The maximum absolute atomic E-state index is 6.35. The van der Waals surface area contributed by atoms with E-state index in [1.54, 1.807) is 0 Å². The van der Waals surface area contributed by atoms with Crippen molar-refractivity contribution in [2.75, 3.05) is 26.4 Å². The van der Waals surface area contributed by atoms with Gasteiger partial charge in [-0.05, 0) is 104 Å². The molecule has 0 N–H and O–H groups in total. The van der Waals surface area contributed by atoms with Gasteiger partial charge in [0.1, 0.15) is 6.47 Å². The number of unbranched alkanes of at least 4 members (excludes halogenated alkanes) is 4. The van der Waals surface area contributed by atoms with Crippen LogP contribution in [-0.4, -0.2) is 26.4 Å². The molecule has 3 aromatic carbocycles. The monoisotopic (exact) mass is 1010 g/mol. The lowest BCUT2D eigenvalue weighted by Crippen LogP contribution is -2.11. The van der Waals surface area contributed by atoms with E-state index in [1.165, 1.54) is 0 Å². The standard InChI is InChI=1S/C36H40Br6O4/c1-5-9-13-43-25-17-21-23(19-27(25)45-15-11-7-3)35(39,40)31-29(21)33(37)32-30(34(31)38)22-18-26(44-14-10-6-2)28(46-16-12-8-4)20-24(22)36(32,41)42/h17-20H,5-16H2,1-4H3. The summed E-state index contributed by atoms with van der Waals surface area (Å²) in [5.74, 6) is 3.07. The highest BCUT2D eigenvalue weighted by Gasteiger charge is 2.50. The Hall–Kier alpha value is -0.260. The van der Waals surface area contributed by atoms with Crippen LogP contribution in [0.5, 0.6) is 23.0 Å². The summed E-state index contributed by atoms with van der Waals surface area (Å²) in [5.41, 5.74) is 8.63. The lowest BCUT2D eigenvalue weighted by molar-refractivity contribution is 0.262. The quantitative estimate of drug-likeness (QED) is 0.106. The van der Waals surface area contributed by atoms with E-state index < -0.39 is 6.47 Å². The van der Waals surface area contributed by atoms with Gasteiger partial charge in [-0.25, -0.2) is 0 Å². The van der Waals surface area contributed by atoms with Crippen molar-refractivity contribution in [3.63, 3.8) is 0 Å². The molecule has 46 heavy (non-hydrogen) atoms. The highest BCUT2D eigenvalue weighted by Crippen LogP contribution is 2.69. The first-order valence-electron chi connectivity index (χ1n) is 16.2. The van der Waals surface area contributed by atoms with Crippen LogP contribution >= 0.6 is 95.6 Å². The minimum atomic E-state index is -0.667. The Labute approximate surface area is 324 Å². The number of benzene rings is 3. The van der Waals surface area contributed by atoms with Crippen LogP contribution in [0.2, 0.25) is 0 Å². The molecule has 4 nitrogen and oxygen atoms in total. The van der Waals surface area contributed by atoms with E-state index in [4.69, 9.17) is 18.9 Å². The first kappa shape index (κ1) is 37.0. The minimum Gasteiger partial charge on any atom is -0.490 e. The predicted molar refractivity (Wildman–Crippen MR) is 212 cm³/mol. The molecule has 0 heterocycles. The minimum absolute atomic E-state index is 0.641. The summed E-state index contributed by atoms with van der Waals surface area (Å²) in [6.45, 7) is 11.3. The third-order valence-corrected chi connectivity index (χ3v) is 13.3. The van der Waals surface area contributed by atoms with Crippen LogP contribution in [0.25, 0.3) is 22.3 Å². The molecular weight excluding hydrogens is 976 g/mol. The van der Waals surface area contributed by atoms with Crippen LogP contribution in [0.3, 0.4) is 0 Å². The molecule has 250 valence electrons. The van der Waals surface area contributed by atoms with Crippen molar-refractivity contribution >= 4 is 95.6 Å². The summed E-state index contributed by atoms with van der Waals surface area (Å²) in [7, 11) is 0. The average Bonchev–Trinajstić information content (AvgIpc) is 3.39. The van der Waals surface area contributed by atoms with Crippen molar-refractivity contribution < 1.29 is 18.9 Å². The second-order valence-electron chi connectivity index (χ2n) is 11.8. The molecule has 0 spiro atoms. The van der Waals surface area contributed by atoms with Gasteiger partial charge < -0.3 is 18.9 Å². The molecule has 10 heteroatoms. The molecule has 0 radical (unpaired) electrons. The van der Waals surface area contributed by atoms with Gasteiger partial charge >= 0.3 is 0 Å². The third kappa shape index (κ3) is 6.88. The Morgan fingerprint density at radius 1 is 0.478 bits per heavy atom. The van der Waals surface area contributed by atoms with E-state index >= 15 is 0 Å². The Morgan fingerprint density at radius 3 is 1.04 bits per heavy atom. The molecule has 0 atom stereocenters. The second kappa shape index (κ2) is 15.7. The number of hydrogen-bond donors (Lipinski definition) is 0. The molecule has 0 unspecified atom stereocenters. The lowest BCUT2D eigenvalue weighted by atomic mass is 9.97. The molecule has 0 bridgehead atoms. The maximum Gasteiger partial charge on any atom is 0.161 e. The van der Waals surface area contributed by atoms with Gasteiger partial charge in [0, 0.05) is 31.2 Å². The van der Waals surface area contributed by atoms with Gasteiger partial charge in [0.2, 0.25) is 0 Å². The van der Waals surface area contributed by atoms with Crippen molar-refractivity contribution in [1.82, 2.24) is 0 Å². The van der Waals surface area contributed by atoms with Crippen LogP contribution in [0.15, 0.2) is 33.2 Å². The van der Waals surface area contributed by atoms with Crippen molar-refractivity contribution in [3.05, 3.63) is 55.5 Å². The zero-order chi connectivity index (χ0) is 33.2. The van der Waals surface area contributed by atoms with Crippen molar-refractivity contribution in [2.24, 2.45) is 0 Å². The molecular formula is C36H40Br6O4. The fourth-order valence-corrected chi connectivity index (χ4v) is 11.6. The molecule has 0 aromatic heterocycles. The van der Waals surface area contributed by atoms with Gasteiger partial charge in [-0.1, -0.05) is 117 Å². The molecule has 2 aliphatic carbocycles. The van der Waals surface area contributed by atoms with Crippen molar-refractivity contribution in [2.45, 2.75) is 85.5 Å². The summed E-state index contributed by atoms with van der Waals surface area (Å²) in [4.78, 5) is 0. The predicted octanol–water partition coefficient (Wildman–Crippen LogP) is 13.9. The number of ether oxygens (including phenoxy) is 4. The highest BCUT2D eigenvalue weighted by molar-refractivity contribution is 9.25. The van der Waals surface area contributed by atoms with Gasteiger partial charge in [-0.15, -0.1) is 0 Å². The molecule has 0 amide bonds. The summed E-state index contributed by atoms with van der Waals surface area (Å²) < 4.78 is 26.0. The second-order valence-corrected chi connectivity index (χ2v) is 20.2. The van der Waals surface area contributed by atoms with Crippen LogP contribution < -0.4 is 18.9 Å². The lowest BCUT2D eigenvalue weighted by Gasteiger charge is -2.24. The number of fused-ring (bicyclic) bond motifs is 6. The van der Waals surface area contributed by atoms with E-state index in [2.05, 4.69) is 148 Å². The molecule has 0 saturated carbocycles. The SMILES string of the molecule is CCCCOc1cc2c(cc1OCCCC)C(Br)(Br)c1c(Br)c3c(c(Br)c1-2)C(Br)(Br)c1cc(OCCCC)c(OCCCC)cc1-3. The molecule has 3 aromatic rings. The molecule has 0 saturated heterocycles. The van der Waals surface area contributed by atoms with Crippen molar-refractivity contribution in [3.8, 4) is 45.3 Å². The topological polar surface area (TPSA) is 36.9 Å². The van der Waals surface area contributed by atoms with E-state index in [0.717, 1.165) is 128 Å². The smallest absolute Gasteiger partial charge is 0.161 e. The molecule has 5 rings (SSSR count). The largest absolute Gasteiger partial charge is 0.490 e. The van der Waals surface area contributed by atoms with Gasteiger partial charge in [0.25, 0.3) is 0 Å². The summed E-state index contributed by atoms with van der Waals surface area (Å²) >= 11 is 24.7. The summed E-state index contributed by atoms with van der Waals surface area (Å²) in [6.07, 6.45) is 8.18. The van der Waals surface area contributed by atoms with E-state index in [-0.39, 0.29) is 0 Å². The summed E-state index contributed by atoms with van der Waals surface area (Å²) in [5, 5.41) is 0. The van der Waals surface area contributed by atoms with E-state index in [0.29, 0.717) is 26.4 Å².